The molecule has 0 radical (unpaired) electrons. The van der Waals surface area contributed by atoms with Crippen molar-refractivity contribution in [1.82, 2.24) is 0 Å². The third kappa shape index (κ3) is 3.89. The maximum absolute atomic E-state index is 6.09. The van der Waals surface area contributed by atoms with Crippen LogP contribution in [0.25, 0.3) is 0 Å². The fraction of sp³-hybridized carbons (Fsp3) is 0.500. The minimum absolute atomic E-state index is 0.0442. The third-order valence-electron chi connectivity index (χ3n) is 2.25. The molecule has 1 unspecified atom stereocenters. The molecule has 0 aliphatic rings. The van der Waals surface area contributed by atoms with Crippen LogP contribution in [0.2, 0.25) is 5.02 Å². The maximum atomic E-state index is 6.09. The zero-order chi connectivity index (χ0) is 12.0. The van der Waals surface area contributed by atoms with E-state index in [1.54, 1.807) is 7.11 Å². The molecule has 0 amide bonds. The van der Waals surface area contributed by atoms with Gasteiger partial charge in [-0.15, -0.1) is 0 Å². The Labute approximate surface area is 107 Å². The van der Waals surface area contributed by atoms with Crippen LogP contribution in [0, 0.1) is 0 Å². The summed E-state index contributed by atoms with van der Waals surface area (Å²) in [5.74, 6) is 2.77. The average molecular weight is 260 g/mol. The van der Waals surface area contributed by atoms with Crippen LogP contribution in [0.3, 0.4) is 0 Å². The number of nitrogens with two attached hydrogens (primary N) is 1. The molecule has 0 saturated heterocycles. The summed E-state index contributed by atoms with van der Waals surface area (Å²) in [7, 11) is 1.61. The van der Waals surface area contributed by atoms with E-state index in [0.29, 0.717) is 10.8 Å². The van der Waals surface area contributed by atoms with E-state index in [0.717, 1.165) is 17.1 Å². The lowest BCUT2D eigenvalue weighted by Gasteiger charge is -2.13. The van der Waals surface area contributed by atoms with Crippen molar-refractivity contribution in [1.29, 1.82) is 0 Å². The van der Waals surface area contributed by atoms with Crippen molar-refractivity contribution >= 4 is 23.4 Å². The van der Waals surface area contributed by atoms with Gasteiger partial charge in [-0.1, -0.05) is 24.6 Å². The Kier molecular flexibility index (Phi) is 6.03. The second-order valence-corrected chi connectivity index (χ2v) is 5.13. The number of methoxy groups -OCH3 is 1. The Morgan fingerprint density at radius 2 is 2.25 bits per heavy atom. The molecule has 16 heavy (non-hydrogen) atoms. The Morgan fingerprint density at radius 3 is 2.88 bits per heavy atom. The molecule has 0 bridgehead atoms. The molecular formula is C12H18ClNOS. The van der Waals surface area contributed by atoms with E-state index < -0.39 is 0 Å². The van der Waals surface area contributed by atoms with Crippen LogP contribution in [-0.2, 0) is 0 Å². The second-order valence-electron chi connectivity index (χ2n) is 3.58. The summed E-state index contributed by atoms with van der Waals surface area (Å²) < 4.78 is 5.17. The number of halogens is 1. The molecule has 4 heteroatoms. The van der Waals surface area contributed by atoms with Crippen LogP contribution >= 0.6 is 23.4 Å². The van der Waals surface area contributed by atoms with E-state index in [-0.39, 0.29) is 6.04 Å². The number of hydrogen-bond acceptors (Lipinski definition) is 3. The van der Waals surface area contributed by atoms with Gasteiger partial charge in [-0.05, 0) is 29.9 Å². The van der Waals surface area contributed by atoms with Crippen molar-refractivity contribution in [3.05, 3.63) is 28.8 Å². The lowest BCUT2D eigenvalue weighted by atomic mass is 10.1. The smallest absolute Gasteiger partial charge is 0.137 e. The highest BCUT2D eigenvalue weighted by Gasteiger charge is 2.09. The van der Waals surface area contributed by atoms with E-state index in [9.17, 15) is 0 Å². The summed E-state index contributed by atoms with van der Waals surface area (Å²) in [4.78, 5) is 0. The van der Waals surface area contributed by atoms with E-state index in [1.807, 2.05) is 30.0 Å². The normalized spacial score (nSPS) is 12.5. The van der Waals surface area contributed by atoms with E-state index >= 15 is 0 Å². The van der Waals surface area contributed by atoms with Gasteiger partial charge in [-0.25, -0.2) is 0 Å². The van der Waals surface area contributed by atoms with Crippen LogP contribution in [-0.4, -0.2) is 18.6 Å². The summed E-state index contributed by atoms with van der Waals surface area (Å²) in [6.07, 6.45) is 1.18. The van der Waals surface area contributed by atoms with E-state index in [4.69, 9.17) is 22.1 Å². The zero-order valence-corrected chi connectivity index (χ0v) is 11.3. The minimum atomic E-state index is 0.0442. The van der Waals surface area contributed by atoms with Crippen LogP contribution in [0.1, 0.15) is 24.9 Å². The highest BCUT2D eigenvalue weighted by atomic mass is 35.5. The molecule has 1 aromatic rings. The van der Waals surface area contributed by atoms with E-state index in [2.05, 4.69) is 6.92 Å². The molecule has 1 atom stereocenters. The second kappa shape index (κ2) is 7.05. The predicted octanol–water partition coefficient (Wildman–Crippen LogP) is 3.49. The monoisotopic (exact) mass is 259 g/mol. The zero-order valence-electron chi connectivity index (χ0n) is 9.70. The Balaban J connectivity index is 2.64. The highest BCUT2D eigenvalue weighted by molar-refractivity contribution is 7.99. The molecule has 1 rings (SSSR count). The number of rotatable bonds is 6. The number of thioether (sulfide) groups is 1. The first-order valence-electron chi connectivity index (χ1n) is 5.35. The minimum Gasteiger partial charge on any atom is -0.495 e. The summed E-state index contributed by atoms with van der Waals surface area (Å²) in [5, 5.41) is 0.625. The van der Waals surface area contributed by atoms with Gasteiger partial charge < -0.3 is 10.5 Å². The topological polar surface area (TPSA) is 35.2 Å². The van der Waals surface area contributed by atoms with Gasteiger partial charge in [0, 0.05) is 11.8 Å². The third-order valence-corrected chi connectivity index (χ3v) is 3.85. The molecular weight excluding hydrogens is 242 g/mol. The van der Waals surface area contributed by atoms with Crippen molar-refractivity contribution in [3.8, 4) is 5.75 Å². The van der Waals surface area contributed by atoms with Gasteiger partial charge >= 0.3 is 0 Å². The van der Waals surface area contributed by atoms with E-state index in [1.165, 1.54) is 6.42 Å². The van der Waals surface area contributed by atoms with Crippen LogP contribution in [0.5, 0.6) is 5.75 Å². The van der Waals surface area contributed by atoms with Gasteiger partial charge in [0.15, 0.2) is 0 Å². The fourth-order valence-electron chi connectivity index (χ4n) is 1.36. The quantitative estimate of drug-likeness (QED) is 0.795. The largest absolute Gasteiger partial charge is 0.495 e. The number of hydrogen-bond donors (Lipinski definition) is 1. The lowest BCUT2D eigenvalue weighted by Crippen LogP contribution is -2.13. The summed E-state index contributed by atoms with van der Waals surface area (Å²) >= 11 is 7.83. The molecule has 0 saturated carbocycles. The van der Waals surface area contributed by atoms with Crippen LogP contribution < -0.4 is 10.5 Å². The number of ether oxygens (including phenoxy) is 1. The fourth-order valence-corrected chi connectivity index (χ4v) is 2.45. The maximum Gasteiger partial charge on any atom is 0.137 e. The Bertz CT molecular complexity index is 333. The van der Waals surface area contributed by atoms with Crippen molar-refractivity contribution in [3.63, 3.8) is 0 Å². The van der Waals surface area contributed by atoms with Crippen LogP contribution in [0.4, 0.5) is 0 Å². The Morgan fingerprint density at radius 1 is 1.50 bits per heavy atom. The first-order chi connectivity index (χ1) is 7.69. The highest BCUT2D eigenvalue weighted by Crippen LogP contribution is 2.28. The SMILES string of the molecule is CCCSCC(N)c1ccc(Cl)c(OC)c1. The lowest BCUT2D eigenvalue weighted by molar-refractivity contribution is 0.414. The first kappa shape index (κ1) is 13.7. The van der Waals surface area contributed by atoms with Gasteiger partial charge in [0.1, 0.15) is 5.75 Å². The van der Waals surface area contributed by atoms with Crippen molar-refractivity contribution in [2.45, 2.75) is 19.4 Å². The van der Waals surface area contributed by atoms with Gasteiger partial charge in [-0.2, -0.15) is 11.8 Å². The van der Waals surface area contributed by atoms with Crippen LogP contribution in [0.15, 0.2) is 18.2 Å². The van der Waals surface area contributed by atoms with Crippen molar-refractivity contribution in [2.24, 2.45) is 5.73 Å². The summed E-state index contributed by atoms with van der Waals surface area (Å²) in [6, 6.07) is 5.75. The molecule has 2 N–H and O–H groups in total. The Hall–Kier alpha value is -0.380. The van der Waals surface area contributed by atoms with Gasteiger partial charge in [0.2, 0.25) is 0 Å². The molecule has 0 aromatic heterocycles. The predicted molar refractivity (Wildman–Crippen MR) is 72.5 cm³/mol. The van der Waals surface area contributed by atoms with Crippen molar-refractivity contribution < 1.29 is 4.74 Å². The first-order valence-corrected chi connectivity index (χ1v) is 6.89. The number of benzene rings is 1. The molecule has 90 valence electrons. The molecule has 0 spiro atoms. The molecule has 0 aliphatic carbocycles. The summed E-state index contributed by atoms with van der Waals surface area (Å²) in [5.41, 5.74) is 7.16. The molecule has 0 aliphatic heterocycles. The molecule has 0 heterocycles. The average Bonchev–Trinajstić information content (AvgIpc) is 2.30. The summed E-state index contributed by atoms with van der Waals surface area (Å²) in [6.45, 7) is 2.17. The van der Waals surface area contributed by atoms with Crippen molar-refractivity contribution in [2.75, 3.05) is 18.6 Å². The van der Waals surface area contributed by atoms with Gasteiger partial charge in [0.25, 0.3) is 0 Å². The molecule has 0 fully saturated rings. The molecule has 1 aromatic carbocycles. The van der Waals surface area contributed by atoms with Gasteiger partial charge in [0.05, 0.1) is 12.1 Å². The standard InChI is InChI=1S/C12H18ClNOS/c1-3-6-16-8-11(14)9-4-5-10(13)12(7-9)15-2/h4-5,7,11H,3,6,8,14H2,1-2H3. The molecule has 2 nitrogen and oxygen atoms in total. The van der Waals surface area contributed by atoms with Gasteiger partial charge in [-0.3, -0.25) is 0 Å².